The van der Waals surface area contributed by atoms with E-state index in [-0.39, 0.29) is 12.5 Å². The van der Waals surface area contributed by atoms with E-state index in [4.69, 9.17) is 38.3 Å². The molecule has 28 heavy (non-hydrogen) atoms. The summed E-state index contributed by atoms with van der Waals surface area (Å²) in [6.45, 7) is 3.33. The predicted molar refractivity (Wildman–Crippen MR) is 107 cm³/mol. The second-order valence-corrected chi connectivity index (χ2v) is 7.60. The van der Waals surface area contributed by atoms with Gasteiger partial charge >= 0.3 is 5.97 Å². The Hall–Kier alpha value is -2.49. The van der Waals surface area contributed by atoms with Crippen LogP contribution in [0.15, 0.2) is 30.5 Å². The maximum Gasteiger partial charge on any atom is 0.321 e. The highest BCUT2D eigenvalue weighted by Gasteiger charge is 2.26. The highest BCUT2D eigenvalue weighted by atomic mass is 35.5. The summed E-state index contributed by atoms with van der Waals surface area (Å²) >= 11 is 12.5. The normalized spacial score (nSPS) is 17.2. The van der Waals surface area contributed by atoms with Gasteiger partial charge in [-0.1, -0.05) is 29.3 Å². The number of nitriles is 1. The average Bonchev–Trinajstić information content (AvgIpc) is 3.11. The fourth-order valence-electron chi connectivity index (χ4n) is 3.15. The molecule has 2 heterocycles. The van der Waals surface area contributed by atoms with Crippen molar-refractivity contribution in [3.8, 4) is 11.8 Å². The minimum absolute atomic E-state index is 0.0610. The van der Waals surface area contributed by atoms with E-state index in [1.807, 2.05) is 25.1 Å². The molecule has 1 N–H and O–H groups in total. The highest BCUT2D eigenvalue weighted by molar-refractivity contribution is 6.37. The Balaban J connectivity index is 1.63. The molecule has 8 heteroatoms. The van der Waals surface area contributed by atoms with E-state index in [1.54, 1.807) is 18.3 Å². The zero-order chi connectivity index (χ0) is 20.3. The minimum atomic E-state index is -1.13. The summed E-state index contributed by atoms with van der Waals surface area (Å²) in [6.07, 6.45) is 2.49. The van der Waals surface area contributed by atoms with Crippen molar-refractivity contribution in [1.29, 1.82) is 5.26 Å². The van der Waals surface area contributed by atoms with Crippen molar-refractivity contribution >= 4 is 35.0 Å². The number of aliphatic carboxylic acids is 1. The van der Waals surface area contributed by atoms with Crippen LogP contribution in [0.4, 0.5) is 5.82 Å². The first kappa shape index (κ1) is 20.2. The summed E-state index contributed by atoms with van der Waals surface area (Å²) in [5.41, 5.74) is 1.68. The Morgan fingerprint density at radius 2 is 2.14 bits per heavy atom. The number of ether oxygens (including phenoxy) is 1. The molecule has 2 aromatic rings. The van der Waals surface area contributed by atoms with Gasteiger partial charge in [0.1, 0.15) is 17.8 Å². The van der Waals surface area contributed by atoms with E-state index in [0.717, 1.165) is 24.3 Å². The van der Waals surface area contributed by atoms with Crippen molar-refractivity contribution in [3.63, 3.8) is 0 Å². The number of hydrogen-bond donors (Lipinski definition) is 1. The molecule has 1 aromatic heterocycles. The molecule has 0 bridgehead atoms. The largest absolute Gasteiger partial charge is 0.485 e. The Labute approximate surface area is 173 Å². The lowest BCUT2D eigenvalue weighted by Gasteiger charge is -2.19. The van der Waals surface area contributed by atoms with E-state index < -0.39 is 11.9 Å². The first-order valence-electron chi connectivity index (χ1n) is 8.82. The van der Waals surface area contributed by atoms with Gasteiger partial charge in [-0.25, -0.2) is 4.98 Å². The molecule has 1 aromatic carbocycles. The van der Waals surface area contributed by atoms with Crippen LogP contribution >= 0.6 is 23.2 Å². The number of halogens is 2. The Morgan fingerprint density at radius 1 is 1.43 bits per heavy atom. The van der Waals surface area contributed by atoms with Gasteiger partial charge in [0, 0.05) is 25.6 Å². The van der Waals surface area contributed by atoms with Gasteiger partial charge in [-0.3, -0.25) is 4.79 Å². The first-order chi connectivity index (χ1) is 13.4. The lowest BCUT2D eigenvalue weighted by molar-refractivity contribution is -0.139. The SMILES string of the molecule is Cc1cc(Cl)c(O[C@@H]2CCN(c3ccc(C[C@H](C#N)C(=O)O)cn3)C2)c(Cl)c1. The monoisotopic (exact) mass is 419 g/mol. The molecular weight excluding hydrogens is 401 g/mol. The van der Waals surface area contributed by atoms with Crippen LogP contribution in [0.1, 0.15) is 17.5 Å². The number of aryl methyl sites for hydroxylation is 1. The van der Waals surface area contributed by atoms with Crippen LogP contribution in [0, 0.1) is 24.2 Å². The van der Waals surface area contributed by atoms with Crippen molar-refractivity contribution in [1.82, 2.24) is 4.98 Å². The third kappa shape index (κ3) is 4.67. The third-order valence-electron chi connectivity index (χ3n) is 4.60. The van der Waals surface area contributed by atoms with E-state index in [2.05, 4.69) is 9.88 Å². The van der Waals surface area contributed by atoms with Gasteiger partial charge in [0.05, 0.1) is 22.7 Å². The third-order valence-corrected chi connectivity index (χ3v) is 5.16. The Kier molecular flexibility index (Phi) is 6.28. The molecule has 0 amide bonds. The Morgan fingerprint density at radius 3 is 2.71 bits per heavy atom. The number of aromatic nitrogens is 1. The maximum atomic E-state index is 11.0. The molecule has 0 unspecified atom stereocenters. The molecule has 3 rings (SSSR count). The molecule has 1 saturated heterocycles. The smallest absolute Gasteiger partial charge is 0.321 e. The number of carboxylic acid groups (broad SMARTS) is 1. The number of carboxylic acids is 1. The fourth-order valence-corrected chi connectivity index (χ4v) is 3.83. The number of nitrogens with zero attached hydrogens (tertiary/aromatic N) is 3. The Bertz CT molecular complexity index is 889. The van der Waals surface area contributed by atoms with Crippen molar-refractivity contribution in [2.24, 2.45) is 5.92 Å². The number of anilines is 1. The van der Waals surface area contributed by atoms with E-state index in [0.29, 0.717) is 27.9 Å². The minimum Gasteiger partial charge on any atom is -0.485 e. The van der Waals surface area contributed by atoms with E-state index >= 15 is 0 Å². The summed E-state index contributed by atoms with van der Waals surface area (Å²) in [5, 5.41) is 18.9. The zero-order valence-corrected chi connectivity index (χ0v) is 16.7. The van der Waals surface area contributed by atoms with E-state index in [9.17, 15) is 4.79 Å². The molecule has 1 aliphatic heterocycles. The van der Waals surface area contributed by atoms with Gasteiger partial charge in [-0.2, -0.15) is 5.26 Å². The summed E-state index contributed by atoms with van der Waals surface area (Å²) < 4.78 is 6.03. The van der Waals surface area contributed by atoms with Gasteiger partial charge in [0.25, 0.3) is 0 Å². The molecule has 6 nitrogen and oxygen atoms in total. The summed E-state index contributed by atoms with van der Waals surface area (Å²) in [4.78, 5) is 17.5. The van der Waals surface area contributed by atoms with Crippen molar-refractivity contribution in [2.45, 2.75) is 25.9 Å². The van der Waals surface area contributed by atoms with Gasteiger partial charge in [-0.15, -0.1) is 0 Å². The zero-order valence-electron chi connectivity index (χ0n) is 15.2. The highest BCUT2D eigenvalue weighted by Crippen LogP contribution is 2.36. The molecule has 146 valence electrons. The van der Waals surface area contributed by atoms with Crippen molar-refractivity contribution < 1.29 is 14.6 Å². The van der Waals surface area contributed by atoms with Crippen LogP contribution in [-0.2, 0) is 11.2 Å². The average molecular weight is 420 g/mol. The van der Waals surface area contributed by atoms with Crippen LogP contribution in [0.2, 0.25) is 10.0 Å². The quantitative estimate of drug-likeness (QED) is 0.757. The predicted octanol–water partition coefficient (Wildman–Crippen LogP) is 4.12. The molecule has 0 aliphatic carbocycles. The number of benzene rings is 1. The van der Waals surface area contributed by atoms with Crippen molar-refractivity contribution in [2.75, 3.05) is 18.0 Å². The van der Waals surface area contributed by atoms with E-state index in [1.165, 1.54) is 0 Å². The molecule has 0 spiro atoms. The van der Waals surface area contributed by atoms with Gasteiger partial charge in [0.15, 0.2) is 5.75 Å². The van der Waals surface area contributed by atoms with Crippen molar-refractivity contribution in [3.05, 3.63) is 51.6 Å². The second kappa shape index (κ2) is 8.68. The summed E-state index contributed by atoms with van der Waals surface area (Å²) in [5.74, 6) is -0.916. The van der Waals surface area contributed by atoms with Gasteiger partial charge in [0.2, 0.25) is 0 Å². The molecular formula is C20H19Cl2N3O3. The topological polar surface area (TPSA) is 86.5 Å². The maximum absolute atomic E-state index is 11.0. The van der Waals surface area contributed by atoms with Crippen LogP contribution in [-0.4, -0.2) is 35.3 Å². The number of carbonyl (C=O) groups is 1. The molecule has 1 aliphatic rings. The first-order valence-corrected chi connectivity index (χ1v) is 9.57. The number of pyridine rings is 1. The van der Waals surface area contributed by atoms with Crippen LogP contribution in [0.3, 0.4) is 0 Å². The molecule has 2 atom stereocenters. The second-order valence-electron chi connectivity index (χ2n) is 6.78. The van der Waals surface area contributed by atoms with Crippen LogP contribution in [0.25, 0.3) is 0 Å². The number of rotatable bonds is 6. The summed E-state index contributed by atoms with van der Waals surface area (Å²) in [7, 11) is 0. The standard InChI is InChI=1S/C20H19Cl2N3O3/c1-12-6-16(21)19(17(22)7-12)28-15-4-5-25(11-15)18-3-2-13(10-24-18)8-14(9-23)20(26)27/h2-3,6-7,10,14-15H,4-5,8,11H2,1H3,(H,26,27)/t14-,15-/m1/s1. The lowest BCUT2D eigenvalue weighted by atomic mass is 10.0. The molecule has 1 fully saturated rings. The molecule has 0 radical (unpaired) electrons. The summed E-state index contributed by atoms with van der Waals surface area (Å²) in [6, 6.07) is 9.06. The lowest BCUT2D eigenvalue weighted by Crippen LogP contribution is -2.25. The van der Waals surface area contributed by atoms with Gasteiger partial charge in [-0.05, 0) is 36.2 Å². The van der Waals surface area contributed by atoms with Gasteiger partial charge < -0.3 is 14.7 Å². The molecule has 0 saturated carbocycles. The van der Waals surface area contributed by atoms with Crippen LogP contribution < -0.4 is 9.64 Å². The number of hydrogen-bond acceptors (Lipinski definition) is 5. The van der Waals surface area contributed by atoms with Crippen LogP contribution in [0.5, 0.6) is 5.75 Å². The fraction of sp³-hybridized carbons (Fsp3) is 0.350.